The highest BCUT2D eigenvalue weighted by molar-refractivity contribution is 5.76. The summed E-state index contributed by atoms with van der Waals surface area (Å²) >= 11 is 0. The van der Waals surface area contributed by atoms with Crippen LogP contribution in [-0.4, -0.2) is 38.3 Å². The summed E-state index contributed by atoms with van der Waals surface area (Å²) in [4.78, 5) is 11.8. The highest BCUT2D eigenvalue weighted by Crippen LogP contribution is 2.07. The van der Waals surface area contributed by atoms with E-state index in [-0.39, 0.29) is 11.9 Å². The SMILES string of the molecule is Cc1ccccc1CCNC(=O)CC1COCCN1. The van der Waals surface area contributed by atoms with E-state index in [1.807, 2.05) is 12.1 Å². The van der Waals surface area contributed by atoms with Crippen molar-refractivity contribution in [1.82, 2.24) is 10.6 Å². The van der Waals surface area contributed by atoms with Crippen LogP contribution < -0.4 is 10.6 Å². The Morgan fingerprint density at radius 3 is 3.05 bits per heavy atom. The summed E-state index contributed by atoms with van der Waals surface area (Å²) in [5.74, 6) is 0.0941. The first-order valence-electron chi connectivity index (χ1n) is 6.88. The summed E-state index contributed by atoms with van der Waals surface area (Å²) in [6, 6.07) is 8.44. The van der Waals surface area contributed by atoms with Gasteiger partial charge >= 0.3 is 0 Å². The fourth-order valence-electron chi connectivity index (χ4n) is 2.27. The molecule has 0 saturated carbocycles. The number of morpholine rings is 1. The lowest BCUT2D eigenvalue weighted by Crippen LogP contribution is -2.44. The number of benzene rings is 1. The molecule has 1 fully saturated rings. The lowest BCUT2D eigenvalue weighted by molar-refractivity contribution is -0.122. The van der Waals surface area contributed by atoms with Crippen molar-refractivity contribution >= 4 is 5.91 Å². The van der Waals surface area contributed by atoms with E-state index in [1.165, 1.54) is 11.1 Å². The molecule has 0 spiro atoms. The molecule has 1 aromatic carbocycles. The molecule has 2 rings (SSSR count). The van der Waals surface area contributed by atoms with E-state index < -0.39 is 0 Å². The molecule has 0 bridgehead atoms. The minimum atomic E-state index is 0.0941. The molecule has 1 heterocycles. The molecule has 1 amide bonds. The molecule has 0 aliphatic carbocycles. The van der Waals surface area contributed by atoms with E-state index in [2.05, 4.69) is 29.7 Å². The van der Waals surface area contributed by atoms with Gasteiger partial charge in [0.15, 0.2) is 0 Å². The lowest BCUT2D eigenvalue weighted by atomic mass is 10.1. The van der Waals surface area contributed by atoms with Crippen LogP contribution in [0.2, 0.25) is 0 Å². The summed E-state index contributed by atoms with van der Waals surface area (Å²) in [5.41, 5.74) is 2.57. The summed E-state index contributed by atoms with van der Waals surface area (Å²) in [5, 5.41) is 6.25. The molecule has 1 saturated heterocycles. The predicted molar refractivity (Wildman–Crippen MR) is 75.1 cm³/mol. The third kappa shape index (κ3) is 4.65. The maximum absolute atomic E-state index is 11.8. The summed E-state index contributed by atoms with van der Waals surface area (Å²) in [6.45, 7) is 5.00. The largest absolute Gasteiger partial charge is 0.378 e. The average molecular weight is 262 g/mol. The zero-order valence-electron chi connectivity index (χ0n) is 11.4. The Morgan fingerprint density at radius 1 is 1.47 bits per heavy atom. The van der Waals surface area contributed by atoms with Crippen LogP contribution >= 0.6 is 0 Å². The van der Waals surface area contributed by atoms with Crippen molar-refractivity contribution < 1.29 is 9.53 Å². The van der Waals surface area contributed by atoms with Crippen LogP contribution in [0.4, 0.5) is 0 Å². The molecule has 2 N–H and O–H groups in total. The smallest absolute Gasteiger partial charge is 0.221 e. The molecule has 1 atom stereocenters. The Kier molecular flexibility index (Phi) is 5.36. The molecule has 4 heteroatoms. The number of hydrogen-bond donors (Lipinski definition) is 2. The summed E-state index contributed by atoms with van der Waals surface area (Å²) in [7, 11) is 0. The number of hydrogen-bond acceptors (Lipinski definition) is 3. The molecule has 104 valence electrons. The monoisotopic (exact) mass is 262 g/mol. The van der Waals surface area contributed by atoms with Gasteiger partial charge in [-0.1, -0.05) is 24.3 Å². The van der Waals surface area contributed by atoms with Gasteiger partial charge in [0, 0.05) is 25.6 Å². The number of nitrogens with one attached hydrogen (secondary N) is 2. The van der Waals surface area contributed by atoms with Crippen molar-refractivity contribution in [2.24, 2.45) is 0 Å². The van der Waals surface area contributed by atoms with Gasteiger partial charge < -0.3 is 15.4 Å². The third-order valence-corrected chi connectivity index (χ3v) is 3.41. The van der Waals surface area contributed by atoms with E-state index in [0.717, 1.165) is 19.6 Å². The van der Waals surface area contributed by atoms with Gasteiger partial charge in [-0.25, -0.2) is 0 Å². The standard InChI is InChI=1S/C15H22N2O2/c1-12-4-2-3-5-13(12)6-7-17-15(18)10-14-11-19-9-8-16-14/h2-5,14,16H,6-11H2,1H3,(H,17,18). The Labute approximate surface area is 114 Å². The van der Waals surface area contributed by atoms with Crippen molar-refractivity contribution in [3.63, 3.8) is 0 Å². The van der Waals surface area contributed by atoms with Crippen LogP contribution in [0, 0.1) is 6.92 Å². The van der Waals surface area contributed by atoms with E-state index in [4.69, 9.17) is 4.74 Å². The zero-order chi connectivity index (χ0) is 13.5. The minimum Gasteiger partial charge on any atom is -0.378 e. The first-order valence-corrected chi connectivity index (χ1v) is 6.88. The van der Waals surface area contributed by atoms with Crippen molar-refractivity contribution in [2.75, 3.05) is 26.3 Å². The number of rotatable bonds is 5. The molecule has 19 heavy (non-hydrogen) atoms. The first-order chi connectivity index (χ1) is 9.25. The van der Waals surface area contributed by atoms with Gasteiger partial charge in [-0.2, -0.15) is 0 Å². The molecule has 1 aliphatic heterocycles. The van der Waals surface area contributed by atoms with Crippen LogP contribution in [-0.2, 0) is 16.0 Å². The van der Waals surface area contributed by atoms with Crippen LogP contribution in [0.15, 0.2) is 24.3 Å². The predicted octanol–water partition coefficient (Wildman–Crippen LogP) is 1.03. The molecule has 1 aromatic rings. The quantitative estimate of drug-likeness (QED) is 0.833. The van der Waals surface area contributed by atoms with Crippen LogP contribution in [0.5, 0.6) is 0 Å². The lowest BCUT2D eigenvalue weighted by Gasteiger charge is -2.23. The van der Waals surface area contributed by atoms with E-state index in [1.54, 1.807) is 0 Å². The van der Waals surface area contributed by atoms with E-state index in [9.17, 15) is 4.79 Å². The Hall–Kier alpha value is -1.39. The van der Waals surface area contributed by atoms with Gasteiger partial charge in [0.1, 0.15) is 0 Å². The maximum atomic E-state index is 11.8. The summed E-state index contributed by atoms with van der Waals surface area (Å²) in [6.07, 6.45) is 1.38. The number of ether oxygens (including phenoxy) is 1. The highest BCUT2D eigenvalue weighted by Gasteiger charge is 2.16. The van der Waals surface area contributed by atoms with Gasteiger partial charge in [0.2, 0.25) is 5.91 Å². The Morgan fingerprint density at radius 2 is 2.32 bits per heavy atom. The average Bonchev–Trinajstić information content (AvgIpc) is 2.42. The maximum Gasteiger partial charge on any atom is 0.221 e. The topological polar surface area (TPSA) is 50.4 Å². The minimum absolute atomic E-state index is 0.0941. The molecule has 4 nitrogen and oxygen atoms in total. The van der Waals surface area contributed by atoms with Gasteiger partial charge in [-0.05, 0) is 24.5 Å². The number of carbonyl (C=O) groups is 1. The van der Waals surface area contributed by atoms with Gasteiger partial charge in [0.05, 0.1) is 13.2 Å². The Bertz CT molecular complexity index is 414. The zero-order valence-corrected chi connectivity index (χ0v) is 11.4. The van der Waals surface area contributed by atoms with Gasteiger partial charge in [-0.15, -0.1) is 0 Å². The van der Waals surface area contributed by atoms with Crippen LogP contribution in [0.25, 0.3) is 0 Å². The van der Waals surface area contributed by atoms with E-state index >= 15 is 0 Å². The third-order valence-electron chi connectivity index (χ3n) is 3.41. The second-order valence-electron chi connectivity index (χ2n) is 4.96. The van der Waals surface area contributed by atoms with Crippen molar-refractivity contribution in [3.8, 4) is 0 Å². The number of amides is 1. The molecule has 1 aliphatic rings. The molecular formula is C15H22N2O2. The fourth-order valence-corrected chi connectivity index (χ4v) is 2.27. The normalized spacial score (nSPS) is 19.1. The van der Waals surface area contributed by atoms with E-state index in [0.29, 0.717) is 19.6 Å². The second kappa shape index (κ2) is 7.26. The molecule has 1 unspecified atom stereocenters. The van der Waals surface area contributed by atoms with Gasteiger partial charge in [0.25, 0.3) is 0 Å². The second-order valence-corrected chi connectivity index (χ2v) is 4.96. The summed E-state index contributed by atoms with van der Waals surface area (Å²) < 4.78 is 5.33. The van der Waals surface area contributed by atoms with Crippen LogP contribution in [0.3, 0.4) is 0 Å². The number of aryl methyl sites for hydroxylation is 1. The first kappa shape index (κ1) is 14.0. The Balaban J connectivity index is 1.67. The molecular weight excluding hydrogens is 240 g/mol. The van der Waals surface area contributed by atoms with Gasteiger partial charge in [-0.3, -0.25) is 4.79 Å². The van der Waals surface area contributed by atoms with Crippen LogP contribution in [0.1, 0.15) is 17.5 Å². The van der Waals surface area contributed by atoms with Crippen molar-refractivity contribution in [1.29, 1.82) is 0 Å². The highest BCUT2D eigenvalue weighted by atomic mass is 16.5. The molecule has 0 aromatic heterocycles. The van der Waals surface area contributed by atoms with Crippen molar-refractivity contribution in [2.45, 2.75) is 25.8 Å². The van der Waals surface area contributed by atoms with Crippen molar-refractivity contribution in [3.05, 3.63) is 35.4 Å². The molecule has 0 radical (unpaired) electrons. The fraction of sp³-hybridized carbons (Fsp3) is 0.533. The number of carbonyl (C=O) groups excluding carboxylic acids is 1.